The molecule has 0 unspecified atom stereocenters. The molecule has 1 aromatic carbocycles. The van der Waals surface area contributed by atoms with Crippen LogP contribution in [0.25, 0.3) is 0 Å². The van der Waals surface area contributed by atoms with E-state index in [9.17, 15) is 14.0 Å². The molecule has 0 saturated heterocycles. The summed E-state index contributed by atoms with van der Waals surface area (Å²) in [5.74, 6) is -0.760. The monoisotopic (exact) mass is 308 g/mol. The highest BCUT2D eigenvalue weighted by atomic mass is 19.1. The van der Waals surface area contributed by atoms with E-state index in [1.165, 1.54) is 29.2 Å². The van der Waals surface area contributed by atoms with Crippen molar-refractivity contribution in [3.05, 3.63) is 30.1 Å². The van der Waals surface area contributed by atoms with Gasteiger partial charge < -0.3 is 15.4 Å². The van der Waals surface area contributed by atoms with Gasteiger partial charge in [0.2, 0.25) is 5.91 Å². The van der Waals surface area contributed by atoms with Crippen molar-refractivity contribution in [1.82, 2.24) is 4.90 Å². The summed E-state index contributed by atoms with van der Waals surface area (Å²) in [6, 6.07) is 5.51. The Morgan fingerprint density at radius 1 is 1.32 bits per heavy atom. The minimum Gasteiger partial charge on any atom is -0.481 e. The van der Waals surface area contributed by atoms with Crippen LogP contribution in [0.4, 0.5) is 4.39 Å². The lowest BCUT2D eigenvalue weighted by molar-refractivity contribution is -0.143. The fourth-order valence-corrected chi connectivity index (χ4v) is 2.77. The molecule has 0 radical (unpaired) electrons. The molecule has 1 aliphatic rings. The van der Waals surface area contributed by atoms with Gasteiger partial charge in [-0.3, -0.25) is 9.59 Å². The van der Waals surface area contributed by atoms with Crippen LogP contribution in [0.1, 0.15) is 32.6 Å². The number of nitrogens with zero attached hydrogens (tertiary/aromatic N) is 1. The first-order valence-electron chi connectivity index (χ1n) is 7.48. The Balaban J connectivity index is 2.04. The van der Waals surface area contributed by atoms with E-state index >= 15 is 0 Å². The number of nitrogens with two attached hydrogens (primary N) is 1. The largest absolute Gasteiger partial charge is 0.481 e. The highest BCUT2D eigenvalue weighted by molar-refractivity contribution is 5.86. The van der Waals surface area contributed by atoms with Crippen molar-refractivity contribution >= 4 is 11.8 Å². The zero-order valence-electron chi connectivity index (χ0n) is 12.6. The molecule has 0 bridgehead atoms. The number of amides is 2. The molecule has 0 aromatic heterocycles. The van der Waals surface area contributed by atoms with E-state index in [0.29, 0.717) is 5.75 Å². The minimum atomic E-state index is -0.759. The van der Waals surface area contributed by atoms with E-state index in [4.69, 9.17) is 10.5 Å². The zero-order valence-corrected chi connectivity index (χ0v) is 12.6. The van der Waals surface area contributed by atoms with Crippen LogP contribution in [-0.4, -0.2) is 35.4 Å². The molecule has 2 N–H and O–H groups in total. The molecular weight excluding hydrogens is 287 g/mol. The van der Waals surface area contributed by atoms with Crippen molar-refractivity contribution < 1.29 is 18.7 Å². The first kappa shape index (κ1) is 16.3. The second kappa shape index (κ2) is 7.24. The molecule has 1 fully saturated rings. The molecule has 0 aliphatic heterocycles. The van der Waals surface area contributed by atoms with E-state index < -0.39 is 12.0 Å². The Morgan fingerprint density at radius 2 is 1.91 bits per heavy atom. The Hall–Kier alpha value is -2.11. The van der Waals surface area contributed by atoms with Gasteiger partial charge in [0, 0.05) is 6.04 Å². The van der Waals surface area contributed by atoms with Crippen LogP contribution in [0, 0.1) is 5.82 Å². The van der Waals surface area contributed by atoms with E-state index in [-0.39, 0.29) is 24.3 Å². The lowest BCUT2D eigenvalue weighted by atomic mass is 10.2. The maximum absolute atomic E-state index is 12.9. The van der Waals surface area contributed by atoms with Crippen molar-refractivity contribution in [2.24, 2.45) is 5.73 Å². The minimum absolute atomic E-state index is 0.0410. The number of benzene rings is 1. The molecule has 22 heavy (non-hydrogen) atoms. The topological polar surface area (TPSA) is 72.6 Å². The predicted octanol–water partition coefficient (Wildman–Crippen LogP) is 1.85. The Labute approximate surface area is 129 Å². The molecular formula is C16H21FN2O3. The second-order valence-corrected chi connectivity index (χ2v) is 5.58. The summed E-state index contributed by atoms with van der Waals surface area (Å²) < 4.78 is 18.4. The fraction of sp³-hybridized carbons (Fsp3) is 0.500. The van der Waals surface area contributed by atoms with Crippen molar-refractivity contribution in [1.29, 1.82) is 0 Å². The number of hydrogen-bond acceptors (Lipinski definition) is 3. The number of halogens is 1. The number of ether oxygens (including phenoxy) is 1. The fourth-order valence-electron chi connectivity index (χ4n) is 2.77. The van der Waals surface area contributed by atoms with Crippen LogP contribution < -0.4 is 10.5 Å². The second-order valence-electron chi connectivity index (χ2n) is 5.58. The van der Waals surface area contributed by atoms with Crippen LogP contribution >= 0.6 is 0 Å². The van der Waals surface area contributed by atoms with Gasteiger partial charge in [0.05, 0.1) is 6.54 Å². The number of carbonyl (C=O) groups is 2. The smallest absolute Gasteiger partial charge is 0.264 e. The van der Waals surface area contributed by atoms with Gasteiger partial charge in [-0.1, -0.05) is 12.8 Å². The van der Waals surface area contributed by atoms with Crippen molar-refractivity contribution in [3.8, 4) is 5.75 Å². The van der Waals surface area contributed by atoms with E-state index in [1.807, 2.05) is 0 Å². The summed E-state index contributed by atoms with van der Waals surface area (Å²) in [5, 5.41) is 0. The van der Waals surface area contributed by atoms with E-state index in [2.05, 4.69) is 0 Å². The molecule has 0 spiro atoms. The van der Waals surface area contributed by atoms with Gasteiger partial charge in [-0.25, -0.2) is 4.39 Å². The van der Waals surface area contributed by atoms with Gasteiger partial charge in [0.15, 0.2) is 6.10 Å². The summed E-state index contributed by atoms with van der Waals surface area (Å²) in [6.45, 7) is 1.52. The normalized spacial score (nSPS) is 16.3. The Kier molecular flexibility index (Phi) is 5.35. The van der Waals surface area contributed by atoms with E-state index in [0.717, 1.165) is 25.7 Å². The average molecular weight is 308 g/mol. The molecule has 120 valence electrons. The third-order valence-corrected chi connectivity index (χ3v) is 3.85. The standard InChI is InChI=1S/C16H21FN2O3/c1-11(22-14-8-6-12(17)7-9-14)16(21)19(10-15(18)20)13-4-2-3-5-13/h6-9,11,13H,2-5,10H2,1H3,(H2,18,20)/t11-/m1/s1. The molecule has 2 rings (SSSR count). The van der Waals surface area contributed by atoms with Gasteiger partial charge in [0.1, 0.15) is 11.6 Å². The first-order chi connectivity index (χ1) is 10.5. The maximum atomic E-state index is 12.9. The SMILES string of the molecule is C[C@@H](Oc1ccc(F)cc1)C(=O)N(CC(N)=O)C1CCCC1. The number of primary amides is 1. The molecule has 1 aliphatic carbocycles. The highest BCUT2D eigenvalue weighted by Gasteiger charge is 2.31. The number of carbonyl (C=O) groups excluding carboxylic acids is 2. The Bertz CT molecular complexity index is 527. The Morgan fingerprint density at radius 3 is 2.45 bits per heavy atom. The predicted molar refractivity (Wildman–Crippen MR) is 79.7 cm³/mol. The lowest BCUT2D eigenvalue weighted by Crippen LogP contribution is -2.49. The number of rotatable bonds is 6. The van der Waals surface area contributed by atoms with Crippen LogP contribution in [0.15, 0.2) is 24.3 Å². The highest BCUT2D eigenvalue weighted by Crippen LogP contribution is 2.24. The summed E-state index contributed by atoms with van der Waals surface area (Å²) in [4.78, 5) is 25.3. The third-order valence-electron chi connectivity index (χ3n) is 3.85. The van der Waals surface area contributed by atoms with Gasteiger partial charge in [-0.15, -0.1) is 0 Å². The molecule has 2 amide bonds. The maximum Gasteiger partial charge on any atom is 0.264 e. The summed E-state index contributed by atoms with van der Waals surface area (Å²) >= 11 is 0. The van der Waals surface area contributed by atoms with Crippen molar-refractivity contribution in [2.75, 3.05) is 6.54 Å². The first-order valence-corrected chi connectivity index (χ1v) is 7.48. The molecule has 1 saturated carbocycles. The quantitative estimate of drug-likeness (QED) is 0.871. The number of hydrogen-bond donors (Lipinski definition) is 1. The van der Waals surface area contributed by atoms with Crippen LogP contribution in [0.2, 0.25) is 0 Å². The van der Waals surface area contributed by atoms with Crippen molar-refractivity contribution in [2.45, 2.75) is 44.8 Å². The zero-order chi connectivity index (χ0) is 16.1. The van der Waals surface area contributed by atoms with E-state index in [1.54, 1.807) is 6.92 Å². The molecule has 1 aromatic rings. The lowest BCUT2D eigenvalue weighted by Gasteiger charge is -2.30. The van der Waals surface area contributed by atoms with Gasteiger partial charge in [-0.05, 0) is 44.0 Å². The summed E-state index contributed by atoms with van der Waals surface area (Å²) in [7, 11) is 0. The molecule has 5 nitrogen and oxygen atoms in total. The van der Waals surface area contributed by atoms with Gasteiger partial charge in [0.25, 0.3) is 5.91 Å². The summed E-state index contributed by atoms with van der Waals surface area (Å²) in [6.07, 6.45) is 3.08. The van der Waals surface area contributed by atoms with Crippen molar-refractivity contribution in [3.63, 3.8) is 0 Å². The molecule has 6 heteroatoms. The van der Waals surface area contributed by atoms with Crippen LogP contribution in [0.5, 0.6) is 5.75 Å². The van der Waals surface area contributed by atoms with Gasteiger partial charge in [-0.2, -0.15) is 0 Å². The van der Waals surface area contributed by atoms with Crippen LogP contribution in [-0.2, 0) is 9.59 Å². The third kappa shape index (κ3) is 4.19. The van der Waals surface area contributed by atoms with Crippen LogP contribution in [0.3, 0.4) is 0 Å². The average Bonchev–Trinajstić information content (AvgIpc) is 3.00. The summed E-state index contributed by atoms with van der Waals surface area (Å²) in [5.41, 5.74) is 5.25. The molecule has 1 atom stereocenters. The molecule has 0 heterocycles. The van der Waals surface area contributed by atoms with Gasteiger partial charge >= 0.3 is 0 Å².